The molecule has 1 heterocycles. The molecule has 1 saturated heterocycles. The van der Waals surface area contributed by atoms with Crippen molar-refractivity contribution in [3.8, 4) is 11.5 Å². The maximum Gasteiger partial charge on any atom is 0.262 e. The number of anilines is 2. The van der Waals surface area contributed by atoms with E-state index in [0.717, 1.165) is 29.8 Å². The molecular formula is C22H29N3O7S2. The number of amides is 1. The smallest absolute Gasteiger partial charge is 0.262 e. The van der Waals surface area contributed by atoms with Gasteiger partial charge in [0.05, 0.1) is 29.6 Å². The van der Waals surface area contributed by atoms with Crippen molar-refractivity contribution < 1.29 is 31.1 Å². The third-order valence-electron chi connectivity index (χ3n) is 5.47. The zero-order valence-electron chi connectivity index (χ0n) is 19.4. The fraction of sp³-hybridized carbons (Fsp3) is 0.409. The van der Waals surface area contributed by atoms with Gasteiger partial charge in [-0.3, -0.25) is 9.10 Å². The van der Waals surface area contributed by atoms with E-state index >= 15 is 0 Å². The lowest BCUT2D eigenvalue weighted by Gasteiger charge is -2.26. The average Bonchev–Trinajstić information content (AvgIpc) is 2.82. The lowest BCUT2D eigenvalue weighted by Crippen LogP contribution is -2.35. The van der Waals surface area contributed by atoms with Crippen molar-refractivity contribution in [1.82, 2.24) is 4.31 Å². The molecular weight excluding hydrogens is 482 g/mol. The highest BCUT2D eigenvalue weighted by molar-refractivity contribution is 7.92. The third kappa shape index (κ3) is 6.19. The van der Waals surface area contributed by atoms with Crippen molar-refractivity contribution in [3.05, 3.63) is 42.5 Å². The van der Waals surface area contributed by atoms with Crippen LogP contribution in [0.2, 0.25) is 0 Å². The first-order valence-corrected chi connectivity index (χ1v) is 14.0. The van der Waals surface area contributed by atoms with Gasteiger partial charge >= 0.3 is 0 Å². The normalized spacial score (nSPS) is 14.9. The number of sulfonamides is 2. The van der Waals surface area contributed by atoms with Crippen LogP contribution in [0.1, 0.15) is 19.3 Å². The van der Waals surface area contributed by atoms with Gasteiger partial charge in [-0.1, -0.05) is 6.42 Å². The van der Waals surface area contributed by atoms with Crippen molar-refractivity contribution in [2.24, 2.45) is 0 Å². The van der Waals surface area contributed by atoms with E-state index in [1.54, 1.807) is 24.3 Å². The van der Waals surface area contributed by atoms with Crippen LogP contribution >= 0.6 is 0 Å². The number of methoxy groups -OCH3 is 1. The van der Waals surface area contributed by atoms with E-state index in [1.807, 2.05) is 0 Å². The van der Waals surface area contributed by atoms with Crippen LogP contribution in [0.15, 0.2) is 47.4 Å². The van der Waals surface area contributed by atoms with Gasteiger partial charge in [-0.2, -0.15) is 4.31 Å². The minimum atomic E-state index is -3.67. The zero-order valence-corrected chi connectivity index (χ0v) is 21.0. The minimum absolute atomic E-state index is 0.0806. The van der Waals surface area contributed by atoms with Crippen molar-refractivity contribution in [2.45, 2.75) is 24.2 Å². The van der Waals surface area contributed by atoms with Crippen LogP contribution in [-0.2, 0) is 24.8 Å². The first kappa shape index (κ1) is 25.8. The summed E-state index contributed by atoms with van der Waals surface area (Å²) in [7, 11) is -4.20. The van der Waals surface area contributed by atoms with Gasteiger partial charge < -0.3 is 14.8 Å². The Hall–Kier alpha value is -2.83. The van der Waals surface area contributed by atoms with Crippen LogP contribution in [0.3, 0.4) is 0 Å². The van der Waals surface area contributed by atoms with Gasteiger partial charge in [0.2, 0.25) is 20.0 Å². The van der Waals surface area contributed by atoms with E-state index < -0.39 is 26.0 Å². The molecule has 0 radical (unpaired) electrons. The molecule has 2 aromatic carbocycles. The molecule has 1 fully saturated rings. The monoisotopic (exact) mass is 511 g/mol. The summed E-state index contributed by atoms with van der Waals surface area (Å²) in [6.07, 6.45) is 3.75. The molecule has 186 valence electrons. The van der Waals surface area contributed by atoms with E-state index in [1.165, 1.54) is 36.7 Å². The summed E-state index contributed by atoms with van der Waals surface area (Å²) >= 11 is 0. The van der Waals surface area contributed by atoms with Crippen LogP contribution in [0.5, 0.6) is 11.5 Å². The molecule has 0 spiro atoms. The highest BCUT2D eigenvalue weighted by Gasteiger charge is 2.27. The quantitative estimate of drug-likeness (QED) is 0.548. The minimum Gasteiger partial charge on any atom is -0.495 e. The molecule has 0 bridgehead atoms. The lowest BCUT2D eigenvalue weighted by atomic mass is 10.2. The maximum atomic E-state index is 13.0. The Morgan fingerprint density at radius 1 is 1.03 bits per heavy atom. The van der Waals surface area contributed by atoms with Gasteiger partial charge in [0.1, 0.15) is 11.5 Å². The number of carbonyl (C=O) groups excluding carboxylic acids is 1. The summed E-state index contributed by atoms with van der Waals surface area (Å²) in [6, 6.07) is 10.6. The molecule has 34 heavy (non-hydrogen) atoms. The molecule has 1 N–H and O–H groups in total. The predicted octanol–water partition coefficient (Wildman–Crippen LogP) is 2.28. The first-order chi connectivity index (χ1) is 16.0. The Labute approximate surface area is 200 Å². The summed E-state index contributed by atoms with van der Waals surface area (Å²) in [5, 5.41) is 2.64. The van der Waals surface area contributed by atoms with Crippen LogP contribution in [0.25, 0.3) is 0 Å². The summed E-state index contributed by atoms with van der Waals surface area (Å²) in [5.74, 6) is 0.177. The number of nitrogens with zero attached hydrogens (tertiary/aromatic N) is 2. The number of hydrogen-bond donors (Lipinski definition) is 1. The summed E-state index contributed by atoms with van der Waals surface area (Å²) in [5.41, 5.74) is 0.676. The molecule has 0 unspecified atom stereocenters. The van der Waals surface area contributed by atoms with Crippen molar-refractivity contribution in [1.29, 1.82) is 0 Å². The molecule has 0 aliphatic carbocycles. The summed E-state index contributed by atoms with van der Waals surface area (Å²) < 4.78 is 62.5. The number of piperidine rings is 1. The Kier molecular flexibility index (Phi) is 8.05. The van der Waals surface area contributed by atoms with E-state index in [2.05, 4.69) is 5.32 Å². The number of ether oxygens (including phenoxy) is 2. The zero-order chi connectivity index (χ0) is 24.9. The maximum absolute atomic E-state index is 13.0. The molecule has 1 aliphatic heterocycles. The van der Waals surface area contributed by atoms with E-state index in [-0.39, 0.29) is 17.2 Å². The number of hydrogen-bond acceptors (Lipinski definition) is 7. The van der Waals surface area contributed by atoms with E-state index in [4.69, 9.17) is 9.47 Å². The fourth-order valence-corrected chi connectivity index (χ4v) is 5.53. The third-order valence-corrected chi connectivity index (χ3v) is 8.57. The second-order valence-corrected chi connectivity index (χ2v) is 11.8. The van der Waals surface area contributed by atoms with Crippen molar-refractivity contribution in [3.63, 3.8) is 0 Å². The second-order valence-electron chi connectivity index (χ2n) is 7.89. The van der Waals surface area contributed by atoms with Crippen molar-refractivity contribution in [2.75, 3.05) is 49.7 Å². The number of carbonyl (C=O) groups is 1. The van der Waals surface area contributed by atoms with Crippen LogP contribution in [0.4, 0.5) is 11.4 Å². The topological polar surface area (TPSA) is 122 Å². The Balaban J connectivity index is 1.67. The predicted molar refractivity (Wildman–Crippen MR) is 129 cm³/mol. The fourth-order valence-electron chi connectivity index (χ4n) is 3.48. The molecule has 1 aliphatic rings. The molecule has 0 aromatic heterocycles. The molecule has 10 nitrogen and oxygen atoms in total. The Bertz CT molecular complexity index is 1220. The molecule has 2 aromatic rings. The van der Waals surface area contributed by atoms with E-state index in [0.29, 0.717) is 30.3 Å². The SMILES string of the molecule is COc1ccc(S(=O)(=O)N2CCCCC2)cc1NC(=O)COc1ccc(N(C)S(C)(=O)=O)cc1. The summed E-state index contributed by atoms with van der Waals surface area (Å²) in [4.78, 5) is 12.6. The van der Waals surface area contributed by atoms with Crippen LogP contribution in [-0.4, -0.2) is 67.2 Å². The largest absolute Gasteiger partial charge is 0.495 e. The second kappa shape index (κ2) is 10.6. The van der Waals surface area contributed by atoms with Gasteiger partial charge in [0.25, 0.3) is 5.91 Å². The molecule has 12 heteroatoms. The van der Waals surface area contributed by atoms with Gasteiger partial charge in [-0.25, -0.2) is 16.8 Å². The number of nitrogens with one attached hydrogen (secondary N) is 1. The lowest BCUT2D eigenvalue weighted by molar-refractivity contribution is -0.118. The van der Waals surface area contributed by atoms with Gasteiger partial charge in [-0.15, -0.1) is 0 Å². The van der Waals surface area contributed by atoms with Gasteiger partial charge in [-0.05, 0) is 55.3 Å². The van der Waals surface area contributed by atoms with Crippen LogP contribution in [0, 0.1) is 0 Å². The molecule has 0 saturated carbocycles. The molecule has 0 atom stereocenters. The highest BCUT2D eigenvalue weighted by atomic mass is 32.2. The average molecular weight is 512 g/mol. The molecule has 3 rings (SSSR count). The van der Waals surface area contributed by atoms with Gasteiger partial charge in [0, 0.05) is 20.1 Å². The highest BCUT2D eigenvalue weighted by Crippen LogP contribution is 2.30. The Morgan fingerprint density at radius 3 is 2.26 bits per heavy atom. The summed E-state index contributed by atoms with van der Waals surface area (Å²) in [6.45, 7) is 0.610. The van der Waals surface area contributed by atoms with Crippen LogP contribution < -0.4 is 19.1 Å². The van der Waals surface area contributed by atoms with E-state index in [9.17, 15) is 21.6 Å². The number of rotatable bonds is 9. The number of benzene rings is 2. The van der Waals surface area contributed by atoms with Gasteiger partial charge in [0.15, 0.2) is 6.61 Å². The molecule has 1 amide bonds. The van der Waals surface area contributed by atoms with Crippen molar-refractivity contribution >= 4 is 37.3 Å². The Morgan fingerprint density at radius 2 is 1.68 bits per heavy atom. The standard InChI is InChI=1S/C22H29N3O7S2/c1-24(33(3,27)28)17-7-9-18(10-8-17)32-16-22(26)23-20-15-19(11-12-21(20)31-2)34(29,30)25-13-5-4-6-14-25/h7-12,15H,4-6,13-14,16H2,1-3H3,(H,23,26). The first-order valence-electron chi connectivity index (χ1n) is 10.7.